The summed E-state index contributed by atoms with van der Waals surface area (Å²) in [6.07, 6.45) is 5.09. The maximum absolute atomic E-state index is 12.0. The van der Waals surface area contributed by atoms with Crippen molar-refractivity contribution in [3.8, 4) is 17.2 Å². The zero-order valence-corrected chi connectivity index (χ0v) is 14.1. The molecule has 130 valence electrons. The number of carboxylic acid groups (broad SMARTS) is 1. The molecule has 0 saturated heterocycles. The number of ether oxygens (including phenoxy) is 1. The number of carbonyl (C=O) groups is 1. The first kappa shape index (κ1) is 15.3. The van der Waals surface area contributed by atoms with Crippen molar-refractivity contribution in [2.75, 3.05) is 0 Å². The van der Waals surface area contributed by atoms with Gasteiger partial charge in [0.05, 0.1) is 5.92 Å². The van der Waals surface area contributed by atoms with Crippen LogP contribution in [0.5, 0.6) is 17.2 Å². The van der Waals surface area contributed by atoms with E-state index in [4.69, 9.17) is 4.74 Å². The number of phenolic OH excluding ortho intramolecular Hbond substituents is 1. The average molecular weight is 346 g/mol. The van der Waals surface area contributed by atoms with Crippen molar-refractivity contribution < 1.29 is 19.7 Å². The number of phenols is 1. The van der Waals surface area contributed by atoms with Crippen LogP contribution in [0.4, 0.5) is 0 Å². The maximum Gasteiger partial charge on any atom is 0.307 e. The molecule has 2 aromatic carbocycles. The Hall–Kier alpha value is -3.01. The number of allylic oxidation sites excluding steroid dienone is 2. The van der Waals surface area contributed by atoms with Crippen LogP contribution in [0.3, 0.4) is 0 Å². The highest BCUT2D eigenvalue weighted by atomic mass is 16.5. The van der Waals surface area contributed by atoms with E-state index in [0.29, 0.717) is 11.5 Å². The topological polar surface area (TPSA) is 66.8 Å². The fourth-order valence-corrected chi connectivity index (χ4v) is 4.87. The van der Waals surface area contributed by atoms with Crippen LogP contribution < -0.4 is 15.2 Å². The van der Waals surface area contributed by atoms with Gasteiger partial charge in [-0.25, -0.2) is 0 Å². The molecule has 1 saturated carbocycles. The van der Waals surface area contributed by atoms with E-state index in [1.165, 1.54) is 0 Å². The Morgan fingerprint density at radius 1 is 1.08 bits per heavy atom. The molecule has 4 unspecified atom stereocenters. The van der Waals surface area contributed by atoms with Gasteiger partial charge in [0, 0.05) is 22.8 Å². The summed E-state index contributed by atoms with van der Waals surface area (Å²) in [5.74, 6) is 0.352. The molecule has 5 rings (SSSR count). The maximum atomic E-state index is 12.0. The van der Waals surface area contributed by atoms with Crippen LogP contribution in [0.25, 0.3) is 12.2 Å². The number of hydrogen-bond donors (Lipinski definition) is 2. The van der Waals surface area contributed by atoms with Gasteiger partial charge in [-0.1, -0.05) is 30.9 Å². The number of aromatic hydroxyl groups is 1. The minimum atomic E-state index is -0.749. The molecule has 4 heteroatoms. The number of hydrogen-bond acceptors (Lipinski definition) is 3. The Kier molecular flexibility index (Phi) is 3.08. The highest BCUT2D eigenvalue weighted by molar-refractivity contribution is 5.82. The third-order valence-corrected chi connectivity index (χ3v) is 5.89. The number of fused-ring (bicyclic) bond motifs is 4. The molecule has 2 bridgehead atoms. The van der Waals surface area contributed by atoms with E-state index in [2.05, 4.69) is 18.7 Å². The number of benzene rings is 2. The standard InChI is InChI=1S/C22H18O4/c1-11-2-6-15-17(8-11)26-18-10-14(23)5-7-16(18)21(15)19-12-3-4-13(9-12)20(19)22(24)25/h2-8,10,12-13,19-20,23H,1,9H2,(H,24,25). The van der Waals surface area contributed by atoms with Gasteiger partial charge < -0.3 is 14.9 Å². The lowest BCUT2D eigenvalue weighted by Gasteiger charge is -2.31. The molecule has 1 aliphatic heterocycles. The first-order valence-electron chi connectivity index (χ1n) is 8.78. The zero-order chi connectivity index (χ0) is 18.0. The van der Waals surface area contributed by atoms with E-state index in [1.807, 2.05) is 24.3 Å². The van der Waals surface area contributed by atoms with Gasteiger partial charge in [0.25, 0.3) is 0 Å². The Balaban J connectivity index is 1.83. The normalized spacial score (nSPS) is 27.8. The second-order valence-corrected chi connectivity index (χ2v) is 7.36. The monoisotopic (exact) mass is 346 g/mol. The Labute approximate surface area is 150 Å². The lowest BCUT2D eigenvalue weighted by Crippen LogP contribution is -2.33. The van der Waals surface area contributed by atoms with Crippen LogP contribution in [0, 0.1) is 23.7 Å². The number of aliphatic carboxylic acids is 1. The fourth-order valence-electron chi connectivity index (χ4n) is 4.87. The summed E-state index contributed by atoms with van der Waals surface area (Å²) in [6.45, 7) is 3.96. The van der Waals surface area contributed by atoms with E-state index in [-0.39, 0.29) is 23.5 Å². The molecule has 0 aromatic heterocycles. The lowest BCUT2D eigenvalue weighted by molar-refractivity contribution is -0.143. The molecule has 1 heterocycles. The smallest absolute Gasteiger partial charge is 0.307 e. The van der Waals surface area contributed by atoms with Crippen LogP contribution in [0.15, 0.2) is 48.6 Å². The summed E-state index contributed by atoms with van der Waals surface area (Å²) in [5.41, 5.74) is 1.87. The number of rotatable bonds is 2. The van der Waals surface area contributed by atoms with Crippen molar-refractivity contribution in [3.05, 3.63) is 64.6 Å². The molecule has 4 atom stereocenters. The minimum absolute atomic E-state index is 0.0778. The Morgan fingerprint density at radius 2 is 1.88 bits per heavy atom. The van der Waals surface area contributed by atoms with Gasteiger partial charge in [0.15, 0.2) is 0 Å². The first-order chi connectivity index (χ1) is 12.5. The van der Waals surface area contributed by atoms with Crippen LogP contribution in [0.2, 0.25) is 0 Å². The van der Waals surface area contributed by atoms with E-state index in [9.17, 15) is 15.0 Å². The molecule has 3 aliphatic rings. The second kappa shape index (κ2) is 5.24. The summed E-state index contributed by atoms with van der Waals surface area (Å²) < 4.78 is 6.02. The first-order valence-corrected chi connectivity index (χ1v) is 8.78. The molecule has 0 amide bonds. The predicted molar refractivity (Wildman–Crippen MR) is 97.3 cm³/mol. The SMILES string of the molecule is C=c1ccc2c(c1)Oc1cc(O)ccc1C=2C1C2C=CC(C2)C1C(=O)O. The van der Waals surface area contributed by atoms with Crippen molar-refractivity contribution in [1.82, 2.24) is 0 Å². The lowest BCUT2D eigenvalue weighted by atomic mass is 9.74. The second-order valence-electron chi connectivity index (χ2n) is 7.36. The van der Waals surface area contributed by atoms with Crippen LogP contribution in [-0.2, 0) is 4.79 Å². The summed E-state index contributed by atoms with van der Waals surface area (Å²) in [7, 11) is 0. The molecule has 2 aliphatic carbocycles. The minimum Gasteiger partial charge on any atom is -0.508 e. The van der Waals surface area contributed by atoms with Crippen LogP contribution in [-0.4, -0.2) is 16.2 Å². The summed E-state index contributed by atoms with van der Waals surface area (Å²) in [4.78, 5) is 12.0. The molecule has 4 nitrogen and oxygen atoms in total. The van der Waals surface area contributed by atoms with Crippen molar-refractivity contribution in [2.45, 2.75) is 6.42 Å². The van der Waals surface area contributed by atoms with Gasteiger partial charge in [-0.2, -0.15) is 0 Å². The van der Waals surface area contributed by atoms with Gasteiger partial charge >= 0.3 is 5.97 Å². The zero-order valence-electron chi connectivity index (χ0n) is 14.1. The quantitative estimate of drug-likeness (QED) is 0.821. The largest absolute Gasteiger partial charge is 0.508 e. The van der Waals surface area contributed by atoms with Gasteiger partial charge in [0.1, 0.15) is 17.2 Å². The molecular formula is C22H18O4. The van der Waals surface area contributed by atoms with Crippen molar-refractivity contribution in [3.63, 3.8) is 0 Å². The van der Waals surface area contributed by atoms with Gasteiger partial charge in [-0.05, 0) is 47.2 Å². The Morgan fingerprint density at radius 3 is 2.69 bits per heavy atom. The molecular weight excluding hydrogens is 328 g/mol. The van der Waals surface area contributed by atoms with Gasteiger partial charge in [-0.15, -0.1) is 0 Å². The third kappa shape index (κ3) is 2.05. The van der Waals surface area contributed by atoms with E-state index < -0.39 is 11.9 Å². The van der Waals surface area contributed by atoms with Gasteiger partial charge in [0.2, 0.25) is 0 Å². The van der Waals surface area contributed by atoms with Crippen molar-refractivity contribution in [2.24, 2.45) is 23.7 Å². The molecule has 2 aromatic rings. The summed E-state index contributed by atoms with van der Waals surface area (Å²) in [6, 6.07) is 10.8. The van der Waals surface area contributed by atoms with Gasteiger partial charge in [-0.3, -0.25) is 4.79 Å². The predicted octanol–water partition coefficient (Wildman–Crippen LogP) is 2.63. The van der Waals surface area contributed by atoms with Crippen LogP contribution in [0.1, 0.15) is 12.0 Å². The number of carboxylic acids is 1. The third-order valence-electron chi connectivity index (χ3n) is 5.89. The van der Waals surface area contributed by atoms with E-state index in [0.717, 1.165) is 28.0 Å². The van der Waals surface area contributed by atoms with E-state index >= 15 is 0 Å². The molecule has 2 N–H and O–H groups in total. The summed E-state index contributed by atoms with van der Waals surface area (Å²) in [5, 5.41) is 21.5. The highest BCUT2D eigenvalue weighted by Crippen LogP contribution is 2.54. The van der Waals surface area contributed by atoms with E-state index in [1.54, 1.807) is 12.1 Å². The highest BCUT2D eigenvalue weighted by Gasteiger charge is 2.50. The molecule has 0 radical (unpaired) electrons. The molecule has 1 fully saturated rings. The average Bonchev–Trinajstić information content (AvgIpc) is 3.20. The van der Waals surface area contributed by atoms with Crippen LogP contribution >= 0.6 is 0 Å². The molecule has 26 heavy (non-hydrogen) atoms. The van der Waals surface area contributed by atoms with Crippen molar-refractivity contribution in [1.29, 1.82) is 0 Å². The van der Waals surface area contributed by atoms with Crippen molar-refractivity contribution >= 4 is 18.1 Å². The Bertz CT molecular complexity index is 1080. The summed E-state index contributed by atoms with van der Waals surface area (Å²) >= 11 is 0. The molecule has 0 spiro atoms. The fraction of sp³-hybridized carbons (Fsp3) is 0.227.